The Bertz CT molecular complexity index is 760. The van der Waals surface area contributed by atoms with Gasteiger partial charge in [-0.2, -0.15) is 0 Å². The van der Waals surface area contributed by atoms with Gasteiger partial charge in [0.1, 0.15) is 11.3 Å². The Morgan fingerprint density at radius 1 is 1.19 bits per heavy atom. The average molecular weight is 357 g/mol. The lowest BCUT2D eigenvalue weighted by atomic mass is 9.71. The quantitative estimate of drug-likeness (QED) is 0.865. The monoisotopic (exact) mass is 357 g/mol. The van der Waals surface area contributed by atoms with Gasteiger partial charge >= 0.3 is 0 Å². The molecular formula is C21H31N3O2. The van der Waals surface area contributed by atoms with Gasteiger partial charge in [-0.1, -0.05) is 46.5 Å². The maximum Gasteiger partial charge on any atom is 0.245 e. The smallest absolute Gasteiger partial charge is 0.245 e. The molecule has 3 heterocycles. The molecule has 3 atom stereocenters. The molecule has 142 valence electrons. The van der Waals surface area contributed by atoms with E-state index in [1.165, 1.54) is 32.1 Å². The largest absolute Gasteiger partial charge is 0.441 e. The van der Waals surface area contributed by atoms with Crippen molar-refractivity contribution >= 4 is 11.2 Å². The van der Waals surface area contributed by atoms with Crippen LogP contribution in [0.1, 0.15) is 76.8 Å². The first-order valence-corrected chi connectivity index (χ1v) is 10.1. The Kier molecular flexibility index (Phi) is 4.78. The van der Waals surface area contributed by atoms with Crippen LogP contribution in [0.3, 0.4) is 0 Å². The predicted octanol–water partition coefficient (Wildman–Crippen LogP) is 4.11. The summed E-state index contributed by atoms with van der Waals surface area (Å²) in [5.41, 5.74) is 2.35. The summed E-state index contributed by atoms with van der Waals surface area (Å²) < 4.78 is 5.88. The minimum Gasteiger partial charge on any atom is -0.441 e. The maximum atomic E-state index is 9.97. The van der Waals surface area contributed by atoms with Crippen LogP contribution in [0.2, 0.25) is 0 Å². The molecule has 5 nitrogen and oxygen atoms in total. The molecule has 1 aliphatic carbocycles. The van der Waals surface area contributed by atoms with E-state index in [2.05, 4.69) is 31.1 Å². The normalized spacial score (nSPS) is 28.1. The van der Waals surface area contributed by atoms with E-state index in [0.717, 1.165) is 29.3 Å². The Hall–Kier alpha value is -1.46. The van der Waals surface area contributed by atoms with E-state index in [1.807, 2.05) is 12.3 Å². The zero-order chi connectivity index (χ0) is 18.3. The number of nitrogens with one attached hydrogen (secondary N) is 1. The summed E-state index contributed by atoms with van der Waals surface area (Å²) in [5.74, 6) is 2.30. The van der Waals surface area contributed by atoms with Crippen molar-refractivity contribution in [2.24, 2.45) is 11.8 Å². The highest BCUT2D eigenvalue weighted by molar-refractivity contribution is 5.69. The number of hydrogen-bond acceptors (Lipinski definition) is 5. The molecule has 0 unspecified atom stereocenters. The third-order valence-corrected chi connectivity index (χ3v) is 6.27. The zero-order valence-corrected chi connectivity index (χ0v) is 16.2. The molecule has 2 aromatic rings. The average Bonchev–Trinajstić information content (AvgIpc) is 2.88. The van der Waals surface area contributed by atoms with E-state index in [4.69, 9.17) is 9.40 Å². The van der Waals surface area contributed by atoms with Crippen LogP contribution in [-0.2, 0) is 5.41 Å². The minimum absolute atomic E-state index is 0.0545. The molecule has 2 fully saturated rings. The number of furan rings is 1. The van der Waals surface area contributed by atoms with Crippen molar-refractivity contribution < 1.29 is 9.52 Å². The highest BCUT2D eigenvalue weighted by Crippen LogP contribution is 2.40. The molecular weight excluding hydrogens is 326 g/mol. The molecule has 2 aliphatic rings. The van der Waals surface area contributed by atoms with Crippen LogP contribution in [0, 0.1) is 11.8 Å². The molecule has 2 N–H and O–H groups in total. The number of aliphatic hydroxyl groups excluding tert-OH is 1. The van der Waals surface area contributed by atoms with Gasteiger partial charge in [-0.05, 0) is 24.7 Å². The van der Waals surface area contributed by atoms with Gasteiger partial charge in [0.2, 0.25) is 5.71 Å². The number of fused-ring (bicyclic) bond motifs is 1. The standard InChI is InChI=1S/C21H31N3O2/c1-21(2,3)19-10-16-20(26-19)22-11-17(24-16)15-9-5-8-14(13-6-4-7-13)18(12-25)23-15/h10-11,13-15,18,23,25H,4-9,12H2,1-3H3/t14-,15-,18-/m0/s1. The fraction of sp³-hybridized carbons (Fsp3) is 0.714. The third kappa shape index (κ3) is 3.39. The van der Waals surface area contributed by atoms with Crippen LogP contribution < -0.4 is 5.32 Å². The Balaban J connectivity index is 1.57. The van der Waals surface area contributed by atoms with E-state index in [-0.39, 0.29) is 24.1 Å². The lowest BCUT2D eigenvalue weighted by Crippen LogP contribution is -2.44. The molecule has 2 aromatic heterocycles. The highest BCUT2D eigenvalue weighted by Gasteiger charge is 2.36. The summed E-state index contributed by atoms with van der Waals surface area (Å²) in [7, 11) is 0. The van der Waals surface area contributed by atoms with Gasteiger partial charge in [-0.25, -0.2) is 9.97 Å². The molecule has 0 aromatic carbocycles. The molecule has 0 radical (unpaired) electrons. The van der Waals surface area contributed by atoms with Crippen molar-refractivity contribution in [2.75, 3.05) is 6.61 Å². The van der Waals surface area contributed by atoms with Gasteiger partial charge in [0.05, 0.1) is 24.5 Å². The van der Waals surface area contributed by atoms with Gasteiger partial charge < -0.3 is 14.8 Å². The summed E-state index contributed by atoms with van der Waals surface area (Å²) in [4.78, 5) is 9.37. The second-order valence-electron chi connectivity index (χ2n) is 9.14. The van der Waals surface area contributed by atoms with Crippen molar-refractivity contribution in [2.45, 2.75) is 76.8 Å². The van der Waals surface area contributed by atoms with Crippen molar-refractivity contribution in [3.8, 4) is 0 Å². The van der Waals surface area contributed by atoms with E-state index in [1.54, 1.807) is 0 Å². The number of rotatable bonds is 3. The first-order chi connectivity index (χ1) is 12.5. The summed E-state index contributed by atoms with van der Waals surface area (Å²) >= 11 is 0. The Morgan fingerprint density at radius 2 is 1.96 bits per heavy atom. The molecule has 0 amide bonds. The Labute approximate surface area is 155 Å². The van der Waals surface area contributed by atoms with Crippen LogP contribution >= 0.6 is 0 Å². The van der Waals surface area contributed by atoms with Crippen LogP contribution in [-0.4, -0.2) is 27.7 Å². The molecule has 1 saturated carbocycles. The molecule has 5 heteroatoms. The predicted molar refractivity (Wildman–Crippen MR) is 102 cm³/mol. The fourth-order valence-electron chi connectivity index (χ4n) is 4.45. The maximum absolute atomic E-state index is 9.97. The van der Waals surface area contributed by atoms with Gasteiger partial charge in [0.25, 0.3) is 0 Å². The lowest BCUT2D eigenvalue weighted by molar-refractivity contribution is 0.113. The molecule has 1 aliphatic heterocycles. The topological polar surface area (TPSA) is 71.2 Å². The minimum atomic E-state index is -0.0545. The molecule has 0 bridgehead atoms. The van der Waals surface area contributed by atoms with E-state index >= 15 is 0 Å². The van der Waals surface area contributed by atoms with Crippen LogP contribution in [0.25, 0.3) is 11.2 Å². The Morgan fingerprint density at radius 3 is 2.62 bits per heavy atom. The van der Waals surface area contributed by atoms with Gasteiger partial charge in [0, 0.05) is 17.5 Å². The van der Waals surface area contributed by atoms with Crippen LogP contribution in [0.15, 0.2) is 16.7 Å². The van der Waals surface area contributed by atoms with E-state index in [0.29, 0.717) is 11.6 Å². The molecule has 4 rings (SSSR count). The molecule has 1 saturated heterocycles. The second kappa shape index (κ2) is 6.93. The van der Waals surface area contributed by atoms with E-state index < -0.39 is 0 Å². The van der Waals surface area contributed by atoms with E-state index in [9.17, 15) is 5.11 Å². The number of hydrogen-bond donors (Lipinski definition) is 2. The van der Waals surface area contributed by atoms with Crippen molar-refractivity contribution in [3.05, 3.63) is 23.7 Å². The summed E-state index contributed by atoms with van der Waals surface area (Å²) in [5, 5.41) is 13.7. The number of nitrogens with zero attached hydrogens (tertiary/aromatic N) is 2. The van der Waals surface area contributed by atoms with Gasteiger partial charge in [-0.3, -0.25) is 0 Å². The number of aliphatic hydroxyl groups is 1. The molecule has 26 heavy (non-hydrogen) atoms. The van der Waals surface area contributed by atoms with Crippen molar-refractivity contribution in [1.82, 2.24) is 15.3 Å². The summed E-state index contributed by atoms with van der Waals surface area (Å²) in [6.45, 7) is 6.59. The first-order valence-electron chi connectivity index (χ1n) is 10.1. The SMILES string of the molecule is CC(C)(C)c1cc2nc([C@@H]3CCC[C@@H](C4CCC4)[C@H](CO)N3)cnc2o1. The van der Waals surface area contributed by atoms with Crippen molar-refractivity contribution in [3.63, 3.8) is 0 Å². The fourth-order valence-corrected chi connectivity index (χ4v) is 4.45. The highest BCUT2D eigenvalue weighted by atomic mass is 16.3. The van der Waals surface area contributed by atoms with Crippen LogP contribution in [0.5, 0.6) is 0 Å². The van der Waals surface area contributed by atoms with Gasteiger partial charge in [-0.15, -0.1) is 0 Å². The van der Waals surface area contributed by atoms with Crippen LogP contribution in [0.4, 0.5) is 0 Å². The number of aromatic nitrogens is 2. The second-order valence-corrected chi connectivity index (χ2v) is 9.14. The zero-order valence-electron chi connectivity index (χ0n) is 16.2. The lowest BCUT2D eigenvalue weighted by Gasteiger charge is -2.38. The summed E-state index contributed by atoms with van der Waals surface area (Å²) in [6.07, 6.45) is 9.26. The van der Waals surface area contributed by atoms with Crippen molar-refractivity contribution in [1.29, 1.82) is 0 Å². The summed E-state index contributed by atoms with van der Waals surface area (Å²) in [6, 6.07) is 2.34. The molecule has 0 spiro atoms. The third-order valence-electron chi connectivity index (χ3n) is 6.27. The van der Waals surface area contributed by atoms with Gasteiger partial charge in [0.15, 0.2) is 0 Å². The first kappa shape index (κ1) is 17.9.